The van der Waals surface area contributed by atoms with Crippen molar-refractivity contribution in [2.75, 3.05) is 13.7 Å². The molecule has 0 spiro atoms. The van der Waals surface area contributed by atoms with Crippen LogP contribution in [-0.2, 0) is 11.3 Å². The fourth-order valence-corrected chi connectivity index (χ4v) is 3.45. The molecule has 0 aliphatic carbocycles. The van der Waals surface area contributed by atoms with Crippen molar-refractivity contribution < 1.29 is 14.3 Å². The smallest absolute Gasteiger partial charge is 0.337 e. The lowest BCUT2D eigenvalue weighted by Gasteiger charge is -2.24. The number of tetrazole rings is 1. The number of ether oxygens (including phenoxy) is 1. The average molecular weight is 392 g/mol. The molecule has 0 saturated carbocycles. The second-order valence-corrected chi connectivity index (χ2v) is 6.77. The number of benzene rings is 1. The molecule has 1 aliphatic heterocycles. The lowest BCUT2D eigenvalue weighted by molar-refractivity contribution is 0.0599. The quantitative estimate of drug-likeness (QED) is 0.610. The van der Waals surface area contributed by atoms with Crippen LogP contribution in [-0.4, -0.2) is 61.7 Å². The van der Waals surface area contributed by atoms with Crippen LogP contribution in [0.15, 0.2) is 48.8 Å². The Hall–Kier alpha value is -3.62. The maximum absolute atomic E-state index is 13.0. The van der Waals surface area contributed by atoms with Gasteiger partial charge in [-0.25, -0.2) is 4.79 Å². The van der Waals surface area contributed by atoms with Crippen LogP contribution in [0.3, 0.4) is 0 Å². The lowest BCUT2D eigenvalue weighted by Crippen LogP contribution is -2.38. The maximum atomic E-state index is 13.0. The van der Waals surface area contributed by atoms with Crippen molar-refractivity contribution in [3.05, 3.63) is 59.9 Å². The van der Waals surface area contributed by atoms with E-state index in [0.717, 1.165) is 18.4 Å². The summed E-state index contributed by atoms with van der Waals surface area (Å²) in [6, 6.07) is 10.1. The number of aromatic nitrogens is 5. The van der Waals surface area contributed by atoms with E-state index in [-0.39, 0.29) is 11.9 Å². The SMILES string of the molecule is COC(=O)c1ccc(C(=O)N2CCC[C@@H]2Cn2nnc(-c3ccncc3)n2)cc1. The Labute approximate surface area is 167 Å². The Morgan fingerprint density at radius 2 is 1.83 bits per heavy atom. The molecule has 1 saturated heterocycles. The molecule has 0 N–H and O–H groups in total. The Kier molecular flexibility index (Phi) is 5.28. The summed E-state index contributed by atoms with van der Waals surface area (Å²) in [7, 11) is 1.33. The maximum Gasteiger partial charge on any atom is 0.337 e. The Morgan fingerprint density at radius 1 is 1.10 bits per heavy atom. The van der Waals surface area contributed by atoms with Crippen LogP contribution in [0, 0.1) is 0 Å². The monoisotopic (exact) mass is 392 g/mol. The first kappa shape index (κ1) is 18.7. The van der Waals surface area contributed by atoms with Crippen LogP contribution < -0.4 is 0 Å². The molecule has 4 rings (SSSR count). The van der Waals surface area contributed by atoms with Crippen molar-refractivity contribution in [2.45, 2.75) is 25.4 Å². The number of methoxy groups -OCH3 is 1. The molecule has 9 nitrogen and oxygen atoms in total. The molecule has 1 amide bonds. The highest BCUT2D eigenvalue weighted by molar-refractivity contribution is 5.96. The first-order valence-corrected chi connectivity index (χ1v) is 9.33. The zero-order valence-corrected chi connectivity index (χ0v) is 15.9. The van der Waals surface area contributed by atoms with Crippen LogP contribution in [0.4, 0.5) is 0 Å². The number of esters is 1. The van der Waals surface area contributed by atoms with E-state index in [4.69, 9.17) is 4.74 Å². The normalized spacial score (nSPS) is 16.0. The summed E-state index contributed by atoms with van der Waals surface area (Å²) >= 11 is 0. The highest BCUT2D eigenvalue weighted by Gasteiger charge is 2.30. The third-order valence-corrected chi connectivity index (χ3v) is 4.96. The molecule has 2 aromatic heterocycles. The van der Waals surface area contributed by atoms with Crippen molar-refractivity contribution in [1.29, 1.82) is 0 Å². The molecule has 3 heterocycles. The number of pyridine rings is 1. The van der Waals surface area contributed by atoms with Crippen LogP contribution >= 0.6 is 0 Å². The zero-order valence-electron chi connectivity index (χ0n) is 15.9. The molecule has 148 valence electrons. The van der Waals surface area contributed by atoms with Crippen molar-refractivity contribution in [3.8, 4) is 11.4 Å². The first-order chi connectivity index (χ1) is 14.2. The van der Waals surface area contributed by atoms with E-state index in [0.29, 0.717) is 30.0 Å². The van der Waals surface area contributed by atoms with Gasteiger partial charge >= 0.3 is 5.97 Å². The third-order valence-electron chi connectivity index (χ3n) is 4.96. The van der Waals surface area contributed by atoms with Crippen LogP contribution in [0.1, 0.15) is 33.6 Å². The highest BCUT2D eigenvalue weighted by Crippen LogP contribution is 2.22. The Balaban J connectivity index is 1.46. The predicted molar refractivity (Wildman–Crippen MR) is 103 cm³/mol. The molecule has 9 heteroatoms. The second-order valence-electron chi connectivity index (χ2n) is 6.77. The van der Waals surface area contributed by atoms with Crippen LogP contribution in [0.2, 0.25) is 0 Å². The Bertz CT molecular complexity index is 1000. The number of nitrogens with zero attached hydrogens (tertiary/aromatic N) is 6. The van der Waals surface area contributed by atoms with Gasteiger partial charge in [0.25, 0.3) is 5.91 Å². The van der Waals surface area contributed by atoms with Gasteiger partial charge in [0.2, 0.25) is 5.82 Å². The molecule has 3 aromatic rings. The van der Waals surface area contributed by atoms with Crippen molar-refractivity contribution >= 4 is 11.9 Å². The third kappa shape index (κ3) is 3.98. The van der Waals surface area contributed by atoms with Gasteiger partial charge in [0, 0.05) is 30.1 Å². The summed E-state index contributed by atoms with van der Waals surface area (Å²) < 4.78 is 4.69. The Morgan fingerprint density at radius 3 is 2.55 bits per heavy atom. The minimum Gasteiger partial charge on any atom is -0.465 e. The molecule has 0 bridgehead atoms. The van der Waals surface area contributed by atoms with Gasteiger partial charge in [-0.3, -0.25) is 9.78 Å². The molecule has 1 atom stereocenters. The van der Waals surface area contributed by atoms with Gasteiger partial charge in [-0.2, -0.15) is 4.80 Å². The molecule has 29 heavy (non-hydrogen) atoms. The number of carbonyl (C=O) groups excluding carboxylic acids is 2. The van der Waals surface area contributed by atoms with Crippen molar-refractivity contribution in [3.63, 3.8) is 0 Å². The number of likely N-dealkylation sites (tertiary alicyclic amines) is 1. The molecule has 1 fully saturated rings. The number of rotatable bonds is 5. The van der Waals surface area contributed by atoms with Gasteiger partial charge in [-0.15, -0.1) is 10.2 Å². The molecule has 1 aliphatic rings. The number of hydrogen-bond acceptors (Lipinski definition) is 7. The average Bonchev–Trinajstić information content (AvgIpc) is 3.43. The molecule has 0 unspecified atom stereocenters. The standard InChI is InChI=1S/C20H20N6O3/c1-29-20(28)16-6-4-15(5-7-16)19(27)25-12-2-3-17(25)13-26-23-18(22-24-26)14-8-10-21-11-9-14/h4-11,17H,2-3,12-13H2,1H3/t17-/m1/s1. The largest absolute Gasteiger partial charge is 0.465 e. The van der Waals surface area contributed by atoms with Crippen LogP contribution in [0.5, 0.6) is 0 Å². The van der Waals surface area contributed by atoms with Gasteiger partial charge in [-0.05, 0) is 54.5 Å². The van der Waals surface area contributed by atoms with Gasteiger partial charge in [0.1, 0.15) is 0 Å². The minimum atomic E-state index is -0.426. The summed E-state index contributed by atoms with van der Waals surface area (Å²) in [5, 5.41) is 12.7. The lowest BCUT2D eigenvalue weighted by atomic mass is 10.1. The summed E-state index contributed by atoms with van der Waals surface area (Å²) in [5.74, 6) is 0.0327. The number of carbonyl (C=O) groups is 2. The fourth-order valence-electron chi connectivity index (χ4n) is 3.45. The number of amides is 1. The molecular formula is C20H20N6O3. The van der Waals surface area contributed by atoms with E-state index < -0.39 is 5.97 Å². The van der Waals surface area contributed by atoms with E-state index >= 15 is 0 Å². The van der Waals surface area contributed by atoms with Gasteiger partial charge in [-0.1, -0.05) is 0 Å². The molecular weight excluding hydrogens is 372 g/mol. The van der Waals surface area contributed by atoms with Gasteiger partial charge in [0.15, 0.2) is 0 Å². The van der Waals surface area contributed by atoms with E-state index in [1.807, 2.05) is 17.0 Å². The minimum absolute atomic E-state index is 0.0118. The van der Waals surface area contributed by atoms with E-state index in [1.165, 1.54) is 11.9 Å². The van der Waals surface area contributed by atoms with E-state index in [2.05, 4.69) is 20.4 Å². The molecule has 1 aromatic carbocycles. The van der Waals surface area contributed by atoms with Crippen LogP contribution in [0.25, 0.3) is 11.4 Å². The summed E-state index contributed by atoms with van der Waals surface area (Å²) in [6.45, 7) is 1.15. The fraction of sp³-hybridized carbons (Fsp3) is 0.300. The van der Waals surface area contributed by atoms with Crippen molar-refractivity contribution in [2.24, 2.45) is 0 Å². The van der Waals surface area contributed by atoms with E-state index in [9.17, 15) is 9.59 Å². The number of hydrogen-bond donors (Lipinski definition) is 0. The van der Waals surface area contributed by atoms with Crippen molar-refractivity contribution in [1.82, 2.24) is 30.1 Å². The zero-order chi connectivity index (χ0) is 20.2. The van der Waals surface area contributed by atoms with Gasteiger partial charge < -0.3 is 9.64 Å². The first-order valence-electron chi connectivity index (χ1n) is 9.33. The second kappa shape index (κ2) is 8.17. The highest BCUT2D eigenvalue weighted by atomic mass is 16.5. The topological polar surface area (TPSA) is 103 Å². The van der Waals surface area contributed by atoms with E-state index in [1.54, 1.807) is 36.7 Å². The predicted octanol–water partition coefficient (Wildman–Crippen LogP) is 1.83. The summed E-state index contributed by atoms with van der Waals surface area (Å²) in [4.78, 5) is 31.9. The summed E-state index contributed by atoms with van der Waals surface area (Å²) in [6.07, 6.45) is 5.15. The molecule has 0 radical (unpaired) electrons. The summed E-state index contributed by atoms with van der Waals surface area (Å²) in [5.41, 5.74) is 1.79. The van der Waals surface area contributed by atoms with Gasteiger partial charge in [0.05, 0.1) is 25.3 Å².